The zero-order valence-corrected chi connectivity index (χ0v) is 15.5. The summed E-state index contributed by atoms with van der Waals surface area (Å²) in [5, 5.41) is 9.58. The van der Waals surface area contributed by atoms with Crippen molar-refractivity contribution in [3.05, 3.63) is 35.4 Å². The standard InChI is InChI=1S/C20H24ClN3O/c1-24(16-10-13-3-4-14(9-13)11-16)20-8-7-18(22-23-20)17-6-5-15(21)12-19(17)25-2/h5-8,12-14,16H,3-4,9-11H2,1-2H3/t13-,14+,16+. The summed E-state index contributed by atoms with van der Waals surface area (Å²) >= 11 is 6.04. The minimum atomic E-state index is 0.594. The Morgan fingerprint density at radius 2 is 1.80 bits per heavy atom. The highest BCUT2D eigenvalue weighted by Crippen LogP contribution is 2.43. The van der Waals surface area contributed by atoms with Gasteiger partial charge in [0.05, 0.1) is 12.8 Å². The molecular weight excluding hydrogens is 334 g/mol. The zero-order chi connectivity index (χ0) is 17.4. The minimum Gasteiger partial charge on any atom is -0.496 e. The maximum atomic E-state index is 6.04. The van der Waals surface area contributed by atoms with Crippen LogP contribution in [0.25, 0.3) is 11.3 Å². The van der Waals surface area contributed by atoms with Gasteiger partial charge in [0.1, 0.15) is 5.75 Å². The number of anilines is 1. The first-order valence-corrected chi connectivity index (χ1v) is 9.42. The number of rotatable bonds is 4. The molecule has 0 amide bonds. The van der Waals surface area contributed by atoms with Gasteiger partial charge in [-0.2, -0.15) is 0 Å². The van der Waals surface area contributed by atoms with Crippen LogP contribution in [-0.4, -0.2) is 30.4 Å². The van der Waals surface area contributed by atoms with Gasteiger partial charge in [-0.25, -0.2) is 0 Å². The molecule has 0 saturated heterocycles. The first kappa shape index (κ1) is 16.6. The van der Waals surface area contributed by atoms with E-state index in [0.29, 0.717) is 16.8 Å². The van der Waals surface area contributed by atoms with Gasteiger partial charge in [-0.05, 0) is 61.4 Å². The summed E-state index contributed by atoms with van der Waals surface area (Å²) in [5.41, 5.74) is 1.71. The van der Waals surface area contributed by atoms with Crippen LogP contribution in [-0.2, 0) is 0 Å². The van der Waals surface area contributed by atoms with Crippen LogP contribution in [0.1, 0.15) is 32.1 Å². The highest BCUT2D eigenvalue weighted by molar-refractivity contribution is 6.30. The van der Waals surface area contributed by atoms with E-state index in [1.165, 1.54) is 32.1 Å². The molecule has 1 aromatic heterocycles. The summed E-state index contributed by atoms with van der Waals surface area (Å²) in [6.45, 7) is 0. The van der Waals surface area contributed by atoms with Gasteiger partial charge in [-0.3, -0.25) is 0 Å². The SMILES string of the molecule is COc1cc(Cl)ccc1-c1ccc(N(C)[C@H]2C[C@@H]3CC[C@@H](C3)C2)nn1. The van der Waals surface area contributed by atoms with Gasteiger partial charge in [-0.1, -0.05) is 24.4 Å². The van der Waals surface area contributed by atoms with Crippen molar-refractivity contribution in [1.29, 1.82) is 0 Å². The van der Waals surface area contributed by atoms with Crippen LogP contribution in [0.3, 0.4) is 0 Å². The van der Waals surface area contributed by atoms with Gasteiger partial charge >= 0.3 is 0 Å². The van der Waals surface area contributed by atoms with E-state index in [9.17, 15) is 0 Å². The summed E-state index contributed by atoms with van der Waals surface area (Å²) in [6, 6.07) is 10.2. The molecule has 4 rings (SSSR count). The Hall–Kier alpha value is -1.81. The van der Waals surface area contributed by atoms with Crippen molar-refractivity contribution in [2.75, 3.05) is 19.1 Å². The van der Waals surface area contributed by atoms with E-state index in [1.54, 1.807) is 13.2 Å². The zero-order valence-electron chi connectivity index (χ0n) is 14.8. The van der Waals surface area contributed by atoms with Gasteiger partial charge < -0.3 is 9.64 Å². The average Bonchev–Trinajstić information content (AvgIpc) is 2.99. The molecule has 2 saturated carbocycles. The van der Waals surface area contributed by atoms with E-state index >= 15 is 0 Å². The molecule has 25 heavy (non-hydrogen) atoms. The monoisotopic (exact) mass is 357 g/mol. The Balaban J connectivity index is 1.54. The second kappa shape index (κ2) is 6.83. The number of nitrogens with zero attached hydrogens (tertiary/aromatic N) is 3. The molecule has 4 nitrogen and oxygen atoms in total. The molecule has 2 bridgehead atoms. The third-order valence-corrected chi connectivity index (χ3v) is 6.09. The summed E-state index contributed by atoms with van der Waals surface area (Å²) < 4.78 is 5.42. The molecule has 0 spiro atoms. The largest absolute Gasteiger partial charge is 0.496 e. The molecule has 0 N–H and O–H groups in total. The number of fused-ring (bicyclic) bond motifs is 2. The van der Waals surface area contributed by atoms with E-state index < -0.39 is 0 Å². The Labute approximate surface area is 154 Å². The van der Waals surface area contributed by atoms with Crippen molar-refractivity contribution in [2.24, 2.45) is 11.8 Å². The number of benzene rings is 1. The Kier molecular flexibility index (Phi) is 4.55. The highest BCUT2D eigenvalue weighted by atomic mass is 35.5. The van der Waals surface area contributed by atoms with Gasteiger partial charge in [0.25, 0.3) is 0 Å². The smallest absolute Gasteiger partial charge is 0.151 e. The maximum Gasteiger partial charge on any atom is 0.151 e. The van der Waals surface area contributed by atoms with Crippen molar-refractivity contribution in [3.63, 3.8) is 0 Å². The Morgan fingerprint density at radius 1 is 1.04 bits per heavy atom. The van der Waals surface area contributed by atoms with Gasteiger partial charge in [0, 0.05) is 23.7 Å². The molecule has 2 aromatic rings. The average molecular weight is 358 g/mol. The summed E-state index contributed by atoms with van der Waals surface area (Å²) in [6.07, 6.45) is 6.85. The highest BCUT2D eigenvalue weighted by Gasteiger charge is 2.36. The minimum absolute atomic E-state index is 0.594. The lowest BCUT2D eigenvalue weighted by Gasteiger charge is -2.35. The Bertz CT molecular complexity index is 737. The van der Waals surface area contributed by atoms with Crippen LogP contribution in [0.5, 0.6) is 5.75 Å². The van der Waals surface area contributed by atoms with E-state index in [1.807, 2.05) is 18.2 Å². The van der Waals surface area contributed by atoms with E-state index in [4.69, 9.17) is 16.3 Å². The Morgan fingerprint density at radius 3 is 2.44 bits per heavy atom. The van der Waals surface area contributed by atoms with Crippen LogP contribution in [0.15, 0.2) is 30.3 Å². The van der Waals surface area contributed by atoms with Crippen LogP contribution >= 0.6 is 11.6 Å². The number of halogens is 1. The van der Waals surface area contributed by atoms with Crippen molar-refractivity contribution in [1.82, 2.24) is 10.2 Å². The van der Waals surface area contributed by atoms with Crippen molar-refractivity contribution in [3.8, 4) is 17.0 Å². The molecule has 1 heterocycles. The summed E-state index contributed by atoms with van der Waals surface area (Å²) in [7, 11) is 3.80. The quantitative estimate of drug-likeness (QED) is 0.786. The third-order valence-electron chi connectivity index (χ3n) is 5.86. The van der Waals surface area contributed by atoms with E-state index in [-0.39, 0.29) is 0 Å². The number of methoxy groups -OCH3 is 1. The lowest BCUT2D eigenvalue weighted by molar-refractivity contribution is 0.312. The molecule has 2 aliphatic carbocycles. The molecule has 0 aliphatic heterocycles. The molecule has 1 aromatic carbocycles. The first-order valence-electron chi connectivity index (χ1n) is 9.04. The maximum absolute atomic E-state index is 6.04. The fourth-order valence-electron chi connectivity index (χ4n) is 4.51. The number of aromatic nitrogens is 2. The third kappa shape index (κ3) is 3.32. The lowest BCUT2D eigenvalue weighted by atomic mass is 9.85. The second-order valence-corrected chi connectivity index (χ2v) is 7.84. The molecule has 0 unspecified atom stereocenters. The molecular formula is C20H24ClN3O. The number of hydrogen-bond acceptors (Lipinski definition) is 4. The predicted molar refractivity (Wildman–Crippen MR) is 101 cm³/mol. The van der Waals surface area contributed by atoms with E-state index in [0.717, 1.165) is 28.9 Å². The molecule has 3 atom stereocenters. The fourth-order valence-corrected chi connectivity index (χ4v) is 4.67. The van der Waals surface area contributed by atoms with Crippen LogP contribution in [0.4, 0.5) is 5.82 Å². The molecule has 0 radical (unpaired) electrons. The molecule has 5 heteroatoms. The summed E-state index contributed by atoms with van der Waals surface area (Å²) in [5.74, 6) is 3.49. The molecule has 2 fully saturated rings. The second-order valence-electron chi connectivity index (χ2n) is 7.40. The van der Waals surface area contributed by atoms with Gasteiger partial charge in [0.2, 0.25) is 0 Å². The normalized spacial score (nSPS) is 25.0. The topological polar surface area (TPSA) is 38.2 Å². The van der Waals surface area contributed by atoms with Crippen LogP contribution in [0, 0.1) is 11.8 Å². The number of hydrogen-bond donors (Lipinski definition) is 0. The molecule has 132 valence electrons. The van der Waals surface area contributed by atoms with Gasteiger partial charge in [-0.15, -0.1) is 10.2 Å². The van der Waals surface area contributed by atoms with Crippen LogP contribution < -0.4 is 9.64 Å². The predicted octanol–water partition coefficient (Wildman–Crippen LogP) is 4.82. The van der Waals surface area contributed by atoms with Crippen molar-refractivity contribution < 1.29 is 4.74 Å². The van der Waals surface area contributed by atoms with Gasteiger partial charge in [0.15, 0.2) is 5.82 Å². The fraction of sp³-hybridized carbons (Fsp3) is 0.500. The van der Waals surface area contributed by atoms with Crippen molar-refractivity contribution in [2.45, 2.75) is 38.1 Å². The van der Waals surface area contributed by atoms with E-state index in [2.05, 4.69) is 28.2 Å². The van der Waals surface area contributed by atoms with Crippen LogP contribution in [0.2, 0.25) is 5.02 Å². The van der Waals surface area contributed by atoms with Crippen molar-refractivity contribution >= 4 is 17.4 Å². The lowest BCUT2D eigenvalue weighted by Crippen LogP contribution is -2.37. The molecule has 2 aliphatic rings. The number of ether oxygens (including phenoxy) is 1. The summed E-state index contributed by atoms with van der Waals surface area (Å²) in [4.78, 5) is 2.32. The first-order chi connectivity index (χ1) is 12.1.